The fourth-order valence-corrected chi connectivity index (χ4v) is 12.3. The normalized spacial score (nSPS) is 22.3. The number of carbonyl (C=O) groups is 4. The number of alkyl carbamates (subject to hydrolysis) is 2. The number of benzene rings is 3. The van der Waals surface area contributed by atoms with Crippen molar-refractivity contribution in [1.82, 2.24) is 35.5 Å². The fourth-order valence-electron chi connectivity index (χ4n) is 12.3. The number of aromatic amines is 2. The molecular formula is C58H74N8O6. The quantitative estimate of drug-likeness (QED) is 0.0750. The minimum atomic E-state index is -0.689. The van der Waals surface area contributed by atoms with Crippen LogP contribution in [0.25, 0.3) is 22.5 Å². The summed E-state index contributed by atoms with van der Waals surface area (Å²) in [5, 5.41) is 5.49. The first-order chi connectivity index (χ1) is 34.9. The van der Waals surface area contributed by atoms with E-state index in [-0.39, 0.29) is 53.5 Å². The maximum Gasteiger partial charge on any atom is 0.407 e. The molecule has 4 N–H and O–H groups in total. The molecule has 7 atom stereocenters. The summed E-state index contributed by atoms with van der Waals surface area (Å²) in [6.07, 6.45) is 16.1. The second kappa shape index (κ2) is 22.5. The highest BCUT2D eigenvalue weighted by Crippen LogP contribution is 2.48. The van der Waals surface area contributed by atoms with Gasteiger partial charge in [-0.15, -0.1) is 0 Å². The Morgan fingerprint density at radius 3 is 1.71 bits per heavy atom. The molecule has 2 saturated heterocycles. The van der Waals surface area contributed by atoms with E-state index in [1.54, 1.807) is 0 Å². The Hall–Kier alpha value is -6.44. The third-order valence-electron chi connectivity index (χ3n) is 16.2. The third-order valence-corrected chi connectivity index (χ3v) is 16.2. The van der Waals surface area contributed by atoms with E-state index in [0.717, 1.165) is 79.1 Å². The van der Waals surface area contributed by atoms with E-state index in [2.05, 4.69) is 98.3 Å². The van der Waals surface area contributed by atoms with E-state index >= 15 is 0 Å². The number of H-pyrrole nitrogens is 2. The number of carbonyl (C=O) groups excluding carboxylic acids is 4. The average Bonchev–Trinajstić information content (AvgIpc) is 4.28. The van der Waals surface area contributed by atoms with Crippen molar-refractivity contribution in [1.29, 1.82) is 0 Å². The molecule has 382 valence electrons. The number of nitrogens with zero attached hydrogens (tertiary/aromatic N) is 4. The zero-order chi connectivity index (χ0) is 50.5. The van der Waals surface area contributed by atoms with Crippen molar-refractivity contribution in [2.45, 2.75) is 153 Å². The molecule has 5 aromatic rings. The standard InChI is InChI=1S/C58H74N8O6/c1-35(2)52(63-57(69)71-5)51(67)32-43-14-10-15-45(43)54-59-33-46(61-54)39-17-21-41(22-18-39)48-29-30-49(66(48)44-27-25-38(26-28-44)37-12-8-7-9-13-37)42-23-19-40(20-24-42)47-34-60-55(62-47)50-16-11-31-65(50)56(68)53(36(3)4)64-58(70)72-6/h17-28,33-37,43,45,48-50,52-53H,7-16,29-32H2,1-6H3,(H,59,61)(H,60,62)(H,63,69)(H,64,70)/t43?,45-,48-,49-,50+,52+,53+/m1/s1. The van der Waals surface area contributed by atoms with Gasteiger partial charge in [0.1, 0.15) is 17.7 Å². The van der Waals surface area contributed by atoms with Crippen molar-refractivity contribution in [2.75, 3.05) is 25.7 Å². The Labute approximate surface area is 424 Å². The SMILES string of the molecule is COC(=O)N[C@H](C(=O)CC1CCC[C@H]1c1ncc(-c2ccc([C@H]3CC[C@H](c4ccc(-c5cnc([C@@H]6CCCN6C(=O)[C@@H](NC(=O)OC)C(C)C)[nH]5)cc4)N3c3ccc(C4CCCCC4)cc3)cc2)[nH]1)C(C)C. The topological polar surface area (TPSA) is 175 Å². The van der Waals surface area contributed by atoms with Gasteiger partial charge >= 0.3 is 12.2 Å². The van der Waals surface area contributed by atoms with Gasteiger partial charge in [-0.3, -0.25) is 9.59 Å². The van der Waals surface area contributed by atoms with E-state index < -0.39 is 24.3 Å². The van der Waals surface area contributed by atoms with E-state index in [1.165, 1.54) is 68.7 Å². The van der Waals surface area contributed by atoms with Crippen molar-refractivity contribution in [3.8, 4) is 22.5 Å². The minimum absolute atomic E-state index is 0.0373. The van der Waals surface area contributed by atoms with Gasteiger partial charge in [0.15, 0.2) is 5.78 Å². The van der Waals surface area contributed by atoms with Crippen molar-refractivity contribution < 1.29 is 28.7 Å². The first kappa shape index (κ1) is 50.5. The van der Waals surface area contributed by atoms with Crippen LogP contribution in [0.5, 0.6) is 0 Å². The Balaban J connectivity index is 0.918. The Kier molecular flexibility index (Phi) is 15.8. The molecule has 3 amide bonds. The summed E-state index contributed by atoms with van der Waals surface area (Å²) in [6, 6.07) is 26.2. The van der Waals surface area contributed by atoms with Gasteiger partial charge < -0.3 is 39.9 Å². The van der Waals surface area contributed by atoms with Gasteiger partial charge in [0.25, 0.3) is 0 Å². The second-order valence-corrected chi connectivity index (χ2v) is 21.4. The highest BCUT2D eigenvalue weighted by atomic mass is 16.5. The van der Waals surface area contributed by atoms with E-state index in [1.807, 2.05) is 45.0 Å². The molecule has 2 aromatic heterocycles. The highest BCUT2D eigenvalue weighted by Gasteiger charge is 2.39. The molecule has 1 unspecified atom stereocenters. The summed E-state index contributed by atoms with van der Waals surface area (Å²) in [5.41, 5.74) is 9.18. The summed E-state index contributed by atoms with van der Waals surface area (Å²) in [7, 11) is 2.63. The maximum absolute atomic E-state index is 13.8. The van der Waals surface area contributed by atoms with Crippen LogP contribution in [0.15, 0.2) is 85.2 Å². The van der Waals surface area contributed by atoms with Gasteiger partial charge in [-0.1, -0.05) is 114 Å². The number of amides is 3. The van der Waals surface area contributed by atoms with Gasteiger partial charge in [0.2, 0.25) is 5.91 Å². The molecule has 0 spiro atoms. The molecule has 3 aromatic carbocycles. The Bertz CT molecular complexity index is 2630. The molecule has 14 heteroatoms. The molecule has 9 rings (SSSR count). The van der Waals surface area contributed by atoms with E-state index in [0.29, 0.717) is 18.9 Å². The smallest absolute Gasteiger partial charge is 0.407 e. The number of likely N-dealkylation sites (tertiary alicyclic amines) is 1. The van der Waals surface area contributed by atoms with Crippen LogP contribution >= 0.6 is 0 Å². The van der Waals surface area contributed by atoms with Crippen LogP contribution in [0.4, 0.5) is 15.3 Å². The van der Waals surface area contributed by atoms with Crippen LogP contribution < -0.4 is 15.5 Å². The first-order valence-corrected chi connectivity index (χ1v) is 26.6. The van der Waals surface area contributed by atoms with Crippen LogP contribution in [0.1, 0.15) is 169 Å². The Morgan fingerprint density at radius 1 is 0.597 bits per heavy atom. The lowest BCUT2D eigenvalue weighted by Gasteiger charge is -2.34. The zero-order valence-electron chi connectivity index (χ0n) is 43.0. The van der Waals surface area contributed by atoms with Crippen molar-refractivity contribution in [3.63, 3.8) is 0 Å². The fraction of sp³-hybridized carbons (Fsp3) is 0.517. The van der Waals surface area contributed by atoms with Crippen molar-refractivity contribution in [2.24, 2.45) is 17.8 Å². The summed E-state index contributed by atoms with van der Waals surface area (Å²) in [6.45, 7) is 8.34. The summed E-state index contributed by atoms with van der Waals surface area (Å²) in [5.74, 6) is 2.37. The molecule has 0 bridgehead atoms. The van der Waals surface area contributed by atoms with Crippen LogP contribution in [0.2, 0.25) is 0 Å². The van der Waals surface area contributed by atoms with Gasteiger partial charge in [0, 0.05) is 24.6 Å². The molecular weight excluding hydrogens is 905 g/mol. The molecule has 0 radical (unpaired) electrons. The molecule has 2 aliphatic heterocycles. The Morgan fingerprint density at radius 2 is 1.14 bits per heavy atom. The first-order valence-electron chi connectivity index (χ1n) is 26.6. The van der Waals surface area contributed by atoms with Crippen LogP contribution in [-0.2, 0) is 19.1 Å². The lowest BCUT2D eigenvalue weighted by Crippen LogP contribution is -2.51. The summed E-state index contributed by atoms with van der Waals surface area (Å²) < 4.78 is 9.63. The number of ether oxygens (including phenoxy) is 2. The van der Waals surface area contributed by atoms with Crippen LogP contribution in [-0.4, -0.2) is 81.6 Å². The van der Waals surface area contributed by atoms with Crippen LogP contribution in [0, 0.1) is 17.8 Å². The van der Waals surface area contributed by atoms with E-state index in [9.17, 15) is 19.2 Å². The number of ketones is 1. The largest absolute Gasteiger partial charge is 0.453 e. The van der Waals surface area contributed by atoms with Gasteiger partial charge in [-0.05, 0) is 115 Å². The molecule has 2 aliphatic carbocycles. The van der Waals surface area contributed by atoms with Gasteiger partial charge in [-0.2, -0.15) is 0 Å². The molecule has 4 fully saturated rings. The van der Waals surface area contributed by atoms with Gasteiger partial charge in [-0.25, -0.2) is 19.6 Å². The summed E-state index contributed by atoms with van der Waals surface area (Å²) in [4.78, 5) is 72.8. The molecule has 4 aliphatic rings. The second-order valence-electron chi connectivity index (χ2n) is 21.4. The maximum atomic E-state index is 13.8. The number of imidazole rings is 2. The lowest BCUT2D eigenvalue weighted by molar-refractivity contribution is -0.135. The summed E-state index contributed by atoms with van der Waals surface area (Å²) >= 11 is 0. The molecule has 14 nitrogen and oxygen atoms in total. The predicted octanol–water partition coefficient (Wildman–Crippen LogP) is 11.9. The molecule has 2 saturated carbocycles. The number of rotatable bonds is 16. The number of anilines is 1. The molecule has 72 heavy (non-hydrogen) atoms. The predicted molar refractivity (Wildman–Crippen MR) is 279 cm³/mol. The minimum Gasteiger partial charge on any atom is -0.453 e. The molecule has 4 heterocycles. The number of nitrogens with one attached hydrogen (secondary N) is 4. The number of hydrogen-bond donors (Lipinski definition) is 4. The van der Waals surface area contributed by atoms with Gasteiger partial charge in [0.05, 0.1) is 62.2 Å². The number of hydrogen-bond acceptors (Lipinski definition) is 9. The van der Waals surface area contributed by atoms with Crippen LogP contribution in [0.3, 0.4) is 0 Å². The van der Waals surface area contributed by atoms with Crippen molar-refractivity contribution >= 4 is 29.6 Å². The van der Waals surface area contributed by atoms with E-state index in [4.69, 9.17) is 19.4 Å². The zero-order valence-corrected chi connectivity index (χ0v) is 43.0. The number of Topliss-reactive ketones (excluding diaryl/α,β-unsaturated/α-hetero) is 1. The monoisotopic (exact) mass is 979 g/mol. The number of methoxy groups -OCH3 is 2. The highest BCUT2D eigenvalue weighted by molar-refractivity contribution is 5.88. The number of aromatic nitrogens is 4. The average molecular weight is 979 g/mol. The van der Waals surface area contributed by atoms with Crippen molar-refractivity contribution in [3.05, 3.63) is 114 Å². The third kappa shape index (κ3) is 11.0. The lowest BCUT2D eigenvalue weighted by atomic mass is 9.84.